The molecule has 1 fully saturated rings. The molecule has 0 saturated carbocycles. The van der Waals surface area contributed by atoms with Gasteiger partial charge in [0.2, 0.25) is 0 Å². The van der Waals surface area contributed by atoms with Gasteiger partial charge in [0.1, 0.15) is 11.9 Å². The number of hydrogen-bond donors (Lipinski definition) is 1. The highest BCUT2D eigenvalue weighted by Gasteiger charge is 2.19. The minimum absolute atomic E-state index is 0.0917. The molecule has 1 aliphatic heterocycles. The average Bonchev–Trinajstić information content (AvgIpc) is 2.64. The van der Waals surface area contributed by atoms with Crippen molar-refractivity contribution < 1.29 is 4.39 Å². The van der Waals surface area contributed by atoms with E-state index in [0.29, 0.717) is 6.04 Å². The molecular formula is C12H14FN3. The normalized spacial score (nSPS) is 20.7. The molecule has 1 aliphatic rings. The fraction of sp³-hybridized carbons (Fsp3) is 0.417. The number of benzene rings is 1. The first-order valence-corrected chi connectivity index (χ1v) is 5.34. The van der Waals surface area contributed by atoms with Crippen LogP contribution in [-0.4, -0.2) is 31.1 Å². The fourth-order valence-corrected chi connectivity index (χ4v) is 1.98. The maximum Gasteiger partial charge on any atom is 0.143 e. The molecule has 4 heteroatoms. The van der Waals surface area contributed by atoms with Crippen molar-refractivity contribution in [3.8, 4) is 6.07 Å². The fourth-order valence-electron chi connectivity index (χ4n) is 1.98. The second-order valence-corrected chi connectivity index (χ2v) is 4.20. The number of likely N-dealkylation sites (N-methyl/N-ethyl adjacent to an activating group) is 1. The van der Waals surface area contributed by atoms with Gasteiger partial charge < -0.3 is 10.2 Å². The predicted molar refractivity (Wildman–Crippen MR) is 60.6 cm³/mol. The molecule has 0 spiro atoms. The Morgan fingerprint density at radius 1 is 1.56 bits per heavy atom. The van der Waals surface area contributed by atoms with Crippen LogP contribution in [0.5, 0.6) is 0 Å². The van der Waals surface area contributed by atoms with Crippen molar-refractivity contribution >= 4 is 5.69 Å². The number of hydrogen-bond acceptors (Lipinski definition) is 3. The second kappa shape index (κ2) is 4.50. The topological polar surface area (TPSA) is 39.1 Å². The maximum absolute atomic E-state index is 13.3. The van der Waals surface area contributed by atoms with E-state index in [4.69, 9.17) is 5.26 Å². The van der Waals surface area contributed by atoms with Gasteiger partial charge in [-0.2, -0.15) is 5.26 Å². The van der Waals surface area contributed by atoms with Crippen molar-refractivity contribution in [2.24, 2.45) is 0 Å². The highest BCUT2D eigenvalue weighted by Crippen LogP contribution is 2.17. The van der Waals surface area contributed by atoms with Crippen molar-refractivity contribution in [3.63, 3.8) is 0 Å². The molecule has 1 heterocycles. The first kappa shape index (κ1) is 10.9. The summed E-state index contributed by atoms with van der Waals surface area (Å²) in [5.41, 5.74) is 0.839. The van der Waals surface area contributed by atoms with E-state index >= 15 is 0 Å². The molecule has 1 N–H and O–H groups in total. The smallest absolute Gasteiger partial charge is 0.143 e. The van der Waals surface area contributed by atoms with Gasteiger partial charge in [-0.1, -0.05) is 0 Å². The van der Waals surface area contributed by atoms with E-state index in [1.165, 1.54) is 12.1 Å². The first-order chi connectivity index (χ1) is 7.69. The summed E-state index contributed by atoms with van der Waals surface area (Å²) >= 11 is 0. The van der Waals surface area contributed by atoms with E-state index in [0.717, 1.165) is 25.2 Å². The van der Waals surface area contributed by atoms with E-state index in [1.807, 2.05) is 6.07 Å². The van der Waals surface area contributed by atoms with Crippen LogP contribution in [-0.2, 0) is 0 Å². The molecule has 3 nitrogen and oxygen atoms in total. The Kier molecular flexibility index (Phi) is 3.07. The van der Waals surface area contributed by atoms with Crippen molar-refractivity contribution in [3.05, 3.63) is 29.6 Å². The Morgan fingerprint density at radius 3 is 2.94 bits per heavy atom. The summed E-state index contributed by atoms with van der Waals surface area (Å²) in [4.78, 5) is 2.23. The Labute approximate surface area is 94.5 Å². The summed E-state index contributed by atoms with van der Waals surface area (Å²) in [7, 11) is 2.07. The van der Waals surface area contributed by atoms with E-state index < -0.39 is 5.82 Å². The molecule has 0 aliphatic carbocycles. The molecule has 1 unspecified atom stereocenters. The minimum atomic E-state index is -0.459. The van der Waals surface area contributed by atoms with Crippen molar-refractivity contribution in [1.82, 2.24) is 4.90 Å². The molecule has 0 radical (unpaired) electrons. The predicted octanol–water partition coefficient (Wildman–Crippen LogP) is 1.81. The zero-order chi connectivity index (χ0) is 11.5. The molecule has 1 aromatic carbocycles. The Balaban J connectivity index is 2.05. The molecule has 0 aromatic heterocycles. The van der Waals surface area contributed by atoms with Crippen LogP contribution < -0.4 is 5.32 Å². The van der Waals surface area contributed by atoms with Gasteiger partial charge in [-0.3, -0.25) is 0 Å². The van der Waals surface area contributed by atoms with Gasteiger partial charge >= 0.3 is 0 Å². The van der Waals surface area contributed by atoms with Crippen LogP contribution in [0.1, 0.15) is 12.0 Å². The zero-order valence-electron chi connectivity index (χ0n) is 9.20. The van der Waals surface area contributed by atoms with Gasteiger partial charge in [0.05, 0.1) is 5.56 Å². The summed E-state index contributed by atoms with van der Waals surface area (Å²) in [6.45, 7) is 2.04. The molecule has 84 valence electrons. The Hall–Kier alpha value is -1.60. The number of halogens is 1. The van der Waals surface area contributed by atoms with E-state index in [2.05, 4.69) is 17.3 Å². The maximum atomic E-state index is 13.3. The monoisotopic (exact) mass is 219 g/mol. The third-order valence-electron chi connectivity index (χ3n) is 2.85. The lowest BCUT2D eigenvalue weighted by Crippen LogP contribution is -2.23. The third kappa shape index (κ3) is 2.31. The number of anilines is 1. The quantitative estimate of drug-likeness (QED) is 0.824. The highest BCUT2D eigenvalue weighted by molar-refractivity contribution is 5.48. The largest absolute Gasteiger partial charge is 0.381 e. The van der Waals surface area contributed by atoms with E-state index in [-0.39, 0.29) is 5.56 Å². The second-order valence-electron chi connectivity index (χ2n) is 4.20. The number of nitrogens with zero attached hydrogens (tertiary/aromatic N) is 2. The van der Waals surface area contributed by atoms with Gasteiger partial charge in [0.15, 0.2) is 0 Å². The summed E-state index contributed by atoms with van der Waals surface area (Å²) in [6, 6.07) is 6.83. The summed E-state index contributed by atoms with van der Waals surface area (Å²) < 4.78 is 13.3. The number of nitriles is 1. The lowest BCUT2D eigenvalue weighted by Gasteiger charge is -2.14. The summed E-state index contributed by atoms with van der Waals surface area (Å²) in [5.74, 6) is -0.459. The Bertz CT molecular complexity index is 425. The van der Waals surface area contributed by atoms with Crippen LogP contribution in [0.3, 0.4) is 0 Å². The van der Waals surface area contributed by atoms with E-state index in [9.17, 15) is 4.39 Å². The lowest BCUT2D eigenvalue weighted by molar-refractivity contribution is 0.414. The van der Waals surface area contributed by atoms with Gasteiger partial charge in [0, 0.05) is 18.3 Å². The molecule has 2 rings (SSSR count). The highest BCUT2D eigenvalue weighted by atomic mass is 19.1. The molecule has 0 amide bonds. The van der Waals surface area contributed by atoms with Crippen molar-refractivity contribution in [2.45, 2.75) is 12.5 Å². The van der Waals surface area contributed by atoms with Crippen LogP contribution >= 0.6 is 0 Å². The van der Waals surface area contributed by atoms with E-state index in [1.54, 1.807) is 6.07 Å². The lowest BCUT2D eigenvalue weighted by atomic mass is 10.2. The standard InChI is InChI=1S/C12H14FN3/c1-16-5-4-11(8-16)15-10-3-2-9(7-14)12(13)6-10/h2-3,6,11,15H,4-5,8H2,1H3. The zero-order valence-corrected chi connectivity index (χ0v) is 9.20. The van der Waals surface area contributed by atoms with Crippen LogP contribution in [0.4, 0.5) is 10.1 Å². The van der Waals surface area contributed by atoms with Crippen LogP contribution in [0.15, 0.2) is 18.2 Å². The average molecular weight is 219 g/mol. The van der Waals surface area contributed by atoms with Crippen LogP contribution in [0, 0.1) is 17.1 Å². The SMILES string of the molecule is CN1CCC(Nc2ccc(C#N)c(F)c2)C1. The molecule has 16 heavy (non-hydrogen) atoms. The summed E-state index contributed by atoms with van der Waals surface area (Å²) in [6.07, 6.45) is 1.07. The van der Waals surface area contributed by atoms with Gasteiger partial charge in [-0.15, -0.1) is 0 Å². The third-order valence-corrected chi connectivity index (χ3v) is 2.85. The summed E-state index contributed by atoms with van der Waals surface area (Å²) in [5, 5.41) is 11.9. The van der Waals surface area contributed by atoms with Gasteiger partial charge in [0.25, 0.3) is 0 Å². The Morgan fingerprint density at radius 2 is 2.38 bits per heavy atom. The minimum Gasteiger partial charge on any atom is -0.381 e. The molecule has 1 aromatic rings. The first-order valence-electron chi connectivity index (χ1n) is 5.34. The van der Waals surface area contributed by atoms with Gasteiger partial charge in [-0.05, 0) is 38.2 Å². The molecular weight excluding hydrogens is 205 g/mol. The molecule has 1 saturated heterocycles. The number of rotatable bonds is 2. The molecule has 1 atom stereocenters. The van der Waals surface area contributed by atoms with Crippen molar-refractivity contribution in [1.29, 1.82) is 5.26 Å². The number of nitrogens with one attached hydrogen (secondary N) is 1. The number of likely N-dealkylation sites (tertiary alicyclic amines) is 1. The molecule has 0 bridgehead atoms. The van der Waals surface area contributed by atoms with Crippen LogP contribution in [0.2, 0.25) is 0 Å². The van der Waals surface area contributed by atoms with Crippen LogP contribution in [0.25, 0.3) is 0 Å². The van der Waals surface area contributed by atoms with Gasteiger partial charge in [-0.25, -0.2) is 4.39 Å². The van der Waals surface area contributed by atoms with Crippen molar-refractivity contribution in [2.75, 3.05) is 25.5 Å².